The quantitative estimate of drug-likeness (QED) is 0.728. The van der Waals surface area contributed by atoms with Crippen molar-refractivity contribution in [1.29, 1.82) is 0 Å². The Morgan fingerprint density at radius 1 is 1.08 bits per heavy atom. The summed E-state index contributed by atoms with van der Waals surface area (Å²) in [7, 11) is -3.62. The molecule has 0 fully saturated rings. The molecule has 0 spiro atoms. The van der Waals surface area contributed by atoms with E-state index in [0.717, 1.165) is 11.3 Å². The van der Waals surface area contributed by atoms with Crippen LogP contribution in [0.3, 0.4) is 0 Å². The maximum Gasteiger partial charge on any atom is 0.265 e. The van der Waals surface area contributed by atoms with Crippen molar-refractivity contribution in [2.75, 3.05) is 18.4 Å². The summed E-state index contributed by atoms with van der Waals surface area (Å²) in [5.41, 5.74) is 1.01. The lowest BCUT2D eigenvalue weighted by Crippen LogP contribution is -2.31. The molecule has 0 aliphatic carbocycles. The third-order valence-electron chi connectivity index (χ3n) is 3.95. The molecule has 6 nitrogen and oxygen atoms in total. The number of hydrogen-bond acceptors (Lipinski definition) is 5. The fourth-order valence-corrected chi connectivity index (χ4v) is 5.01. The van der Waals surface area contributed by atoms with Gasteiger partial charge in [0.05, 0.1) is 14.6 Å². The van der Waals surface area contributed by atoms with Crippen LogP contribution in [0.4, 0.5) is 5.69 Å². The Morgan fingerprint density at radius 2 is 1.69 bits per heavy atom. The van der Waals surface area contributed by atoms with Gasteiger partial charge in [-0.1, -0.05) is 19.9 Å². The van der Waals surface area contributed by atoms with Gasteiger partial charge in [0, 0.05) is 18.8 Å². The highest BCUT2D eigenvalue weighted by Crippen LogP contribution is 2.25. The van der Waals surface area contributed by atoms with E-state index < -0.39 is 10.0 Å². The van der Waals surface area contributed by atoms with Crippen LogP contribution in [0.5, 0.6) is 0 Å². The fraction of sp³-hybridized carbons (Fsp3) is 0.333. The van der Waals surface area contributed by atoms with E-state index >= 15 is 0 Å². The zero-order chi connectivity index (χ0) is 19.5. The van der Waals surface area contributed by atoms with Gasteiger partial charge in [-0.2, -0.15) is 4.31 Å². The van der Waals surface area contributed by atoms with E-state index in [4.69, 9.17) is 0 Å². The van der Waals surface area contributed by atoms with Gasteiger partial charge in [0.15, 0.2) is 5.78 Å². The summed E-state index contributed by atoms with van der Waals surface area (Å²) < 4.78 is 26.9. The van der Waals surface area contributed by atoms with E-state index in [0.29, 0.717) is 34.1 Å². The highest BCUT2D eigenvalue weighted by molar-refractivity contribution is 7.89. The largest absolute Gasteiger partial charge is 0.321 e. The molecule has 0 radical (unpaired) electrons. The Hall–Kier alpha value is -2.03. The number of rotatable bonds is 7. The molecule has 1 amide bonds. The van der Waals surface area contributed by atoms with Gasteiger partial charge < -0.3 is 5.32 Å². The molecular weight excluding hydrogens is 372 g/mol. The topological polar surface area (TPSA) is 83.6 Å². The maximum atomic E-state index is 12.8. The van der Waals surface area contributed by atoms with E-state index in [2.05, 4.69) is 5.32 Å². The third kappa shape index (κ3) is 4.20. The molecule has 0 unspecified atom stereocenters. The first-order valence-electron chi connectivity index (χ1n) is 8.23. The summed E-state index contributed by atoms with van der Waals surface area (Å²) >= 11 is 1.11. The number of nitrogens with zero attached hydrogens (tertiary/aromatic N) is 1. The van der Waals surface area contributed by atoms with Crippen LogP contribution in [0.15, 0.2) is 35.2 Å². The van der Waals surface area contributed by atoms with Gasteiger partial charge in [0.25, 0.3) is 5.91 Å². The monoisotopic (exact) mass is 394 g/mol. The number of ketones is 1. The van der Waals surface area contributed by atoms with E-state index in [1.54, 1.807) is 45.0 Å². The van der Waals surface area contributed by atoms with Crippen molar-refractivity contribution in [2.24, 2.45) is 0 Å². The highest BCUT2D eigenvalue weighted by atomic mass is 32.2. The first-order valence-corrected chi connectivity index (χ1v) is 10.5. The maximum absolute atomic E-state index is 12.8. The minimum absolute atomic E-state index is 0.100. The second-order valence-corrected chi connectivity index (χ2v) is 8.73. The Morgan fingerprint density at radius 3 is 2.23 bits per heavy atom. The van der Waals surface area contributed by atoms with E-state index in [-0.39, 0.29) is 16.6 Å². The van der Waals surface area contributed by atoms with Crippen LogP contribution in [0.2, 0.25) is 0 Å². The first kappa shape index (κ1) is 20.3. The lowest BCUT2D eigenvalue weighted by atomic mass is 10.2. The highest BCUT2D eigenvalue weighted by Gasteiger charge is 2.24. The van der Waals surface area contributed by atoms with Crippen LogP contribution in [-0.2, 0) is 10.0 Å². The third-order valence-corrected chi connectivity index (χ3v) is 7.32. The summed E-state index contributed by atoms with van der Waals surface area (Å²) in [5, 5.41) is 2.70. The molecular formula is C18H22N2O4S2. The molecule has 8 heteroatoms. The molecule has 0 saturated carbocycles. The summed E-state index contributed by atoms with van der Waals surface area (Å²) in [6, 6.07) is 7.99. The van der Waals surface area contributed by atoms with Gasteiger partial charge in [-0.3, -0.25) is 9.59 Å². The minimum Gasteiger partial charge on any atom is -0.321 e. The standard InChI is InChI=1S/C18H22N2O4S2/c1-5-20(6-2)26(23,24)17-11-14(8-7-12(17)3)19-18(22)16-10-9-15(25-16)13(4)21/h7-11H,5-6H2,1-4H3,(H,19,22). The molecule has 1 N–H and O–H groups in total. The summed E-state index contributed by atoms with van der Waals surface area (Å²) in [6.07, 6.45) is 0. The number of thiophene rings is 1. The first-order chi connectivity index (χ1) is 12.2. The van der Waals surface area contributed by atoms with Crippen molar-refractivity contribution in [2.45, 2.75) is 32.6 Å². The number of anilines is 1. The number of amides is 1. The zero-order valence-electron chi connectivity index (χ0n) is 15.2. The van der Waals surface area contributed by atoms with Crippen LogP contribution >= 0.6 is 11.3 Å². The molecule has 0 aliphatic heterocycles. The Kier molecular flexibility index (Phi) is 6.33. The van der Waals surface area contributed by atoms with Crippen molar-refractivity contribution in [3.05, 3.63) is 45.6 Å². The molecule has 2 rings (SSSR count). The molecule has 1 aromatic carbocycles. The predicted octanol–water partition coefficient (Wildman–Crippen LogP) is 3.54. The average Bonchev–Trinajstić information content (AvgIpc) is 3.07. The van der Waals surface area contributed by atoms with E-state index in [1.165, 1.54) is 17.3 Å². The van der Waals surface area contributed by atoms with Crippen molar-refractivity contribution >= 4 is 38.7 Å². The number of nitrogens with one attached hydrogen (secondary N) is 1. The molecule has 0 saturated heterocycles. The van der Waals surface area contributed by atoms with Crippen LogP contribution < -0.4 is 5.32 Å². The normalized spacial score (nSPS) is 11.6. The van der Waals surface area contributed by atoms with Crippen molar-refractivity contribution in [3.8, 4) is 0 Å². The number of benzene rings is 1. The number of hydrogen-bond donors (Lipinski definition) is 1. The summed E-state index contributed by atoms with van der Waals surface area (Å²) in [5.74, 6) is -0.477. The summed E-state index contributed by atoms with van der Waals surface area (Å²) in [4.78, 5) is 24.8. The second kappa shape index (κ2) is 8.11. The summed E-state index contributed by atoms with van der Waals surface area (Å²) in [6.45, 7) is 7.48. The lowest BCUT2D eigenvalue weighted by molar-refractivity contribution is 0.101. The molecule has 2 aromatic rings. The van der Waals surface area contributed by atoms with E-state index in [1.807, 2.05) is 0 Å². The van der Waals surface area contributed by atoms with Crippen molar-refractivity contribution in [1.82, 2.24) is 4.31 Å². The molecule has 0 bridgehead atoms. The smallest absolute Gasteiger partial charge is 0.265 e. The Bertz CT molecular complexity index is 928. The number of Topliss-reactive ketones (excluding diaryl/α,β-unsaturated/α-hetero) is 1. The number of sulfonamides is 1. The Labute approximate surface area is 157 Å². The van der Waals surface area contributed by atoms with Gasteiger partial charge >= 0.3 is 0 Å². The van der Waals surface area contributed by atoms with Crippen LogP contribution in [-0.4, -0.2) is 37.5 Å². The Balaban J connectivity index is 2.31. The van der Waals surface area contributed by atoms with Crippen LogP contribution in [0, 0.1) is 6.92 Å². The lowest BCUT2D eigenvalue weighted by Gasteiger charge is -2.20. The molecule has 0 aliphatic rings. The molecule has 0 atom stereocenters. The van der Waals surface area contributed by atoms with Gasteiger partial charge in [0.1, 0.15) is 0 Å². The van der Waals surface area contributed by atoms with Crippen LogP contribution in [0.25, 0.3) is 0 Å². The SMILES string of the molecule is CCN(CC)S(=O)(=O)c1cc(NC(=O)c2ccc(C(C)=O)s2)ccc1C. The second-order valence-electron chi connectivity index (χ2n) is 5.74. The van der Waals surface area contributed by atoms with E-state index in [9.17, 15) is 18.0 Å². The van der Waals surface area contributed by atoms with Gasteiger partial charge in [-0.15, -0.1) is 11.3 Å². The van der Waals surface area contributed by atoms with Gasteiger partial charge in [-0.05, 0) is 43.7 Å². The number of aryl methyl sites for hydroxylation is 1. The molecule has 26 heavy (non-hydrogen) atoms. The molecule has 1 heterocycles. The molecule has 1 aromatic heterocycles. The number of carbonyl (C=O) groups excluding carboxylic acids is 2. The van der Waals surface area contributed by atoms with Crippen molar-refractivity contribution in [3.63, 3.8) is 0 Å². The van der Waals surface area contributed by atoms with Crippen molar-refractivity contribution < 1.29 is 18.0 Å². The molecule has 140 valence electrons. The predicted molar refractivity (Wildman–Crippen MR) is 104 cm³/mol. The van der Waals surface area contributed by atoms with Gasteiger partial charge in [0.2, 0.25) is 10.0 Å². The fourth-order valence-electron chi connectivity index (χ4n) is 2.50. The number of carbonyl (C=O) groups is 2. The zero-order valence-corrected chi connectivity index (χ0v) is 16.8. The van der Waals surface area contributed by atoms with Gasteiger partial charge in [-0.25, -0.2) is 8.42 Å². The average molecular weight is 395 g/mol. The minimum atomic E-state index is -3.62. The van der Waals surface area contributed by atoms with Crippen LogP contribution in [0.1, 0.15) is 45.7 Å².